The number of nitrogens with zero attached hydrogens (tertiary/aromatic N) is 4. The highest BCUT2D eigenvalue weighted by Gasteiger charge is 2.55. The second-order valence-corrected chi connectivity index (χ2v) is 14.2. The summed E-state index contributed by atoms with van der Waals surface area (Å²) in [6, 6.07) is 5.73. The molecule has 210 valence electrons. The van der Waals surface area contributed by atoms with E-state index in [0.717, 1.165) is 38.2 Å². The van der Waals surface area contributed by atoms with E-state index in [9.17, 15) is 22.7 Å². The first kappa shape index (κ1) is 26.4. The zero-order valence-corrected chi connectivity index (χ0v) is 23.2. The first-order valence-corrected chi connectivity index (χ1v) is 15.6. The number of aromatic nitrogens is 2. The fraction of sp³-hybridized carbons (Fsp3) is 0.607. The van der Waals surface area contributed by atoms with Crippen LogP contribution in [0.3, 0.4) is 0 Å². The Balaban J connectivity index is 1.12. The standard InChI is InChI=1S/C28H36FN5O4S/c1-3-39(37,38)21-4-5-24(22(29)12-21)33-8-9-34(17(2)16-33)27-30-7-6-23(31-27)26(35)32-25-19-10-18-11-20(25)15-28(36,13-18)14-19/h4-7,12,17-20,25,36H,3,8-11,13-16H2,1-2H3,(H,32,35)/t17-,18?,19?,20?,25-,28-/m1/s1. The molecule has 2 unspecified atom stereocenters. The van der Waals surface area contributed by atoms with Crippen LogP contribution < -0.4 is 15.1 Å². The van der Waals surface area contributed by atoms with Gasteiger partial charge in [-0.15, -0.1) is 0 Å². The maximum Gasteiger partial charge on any atom is 0.270 e. The van der Waals surface area contributed by atoms with Gasteiger partial charge in [0.15, 0.2) is 9.84 Å². The molecule has 4 aliphatic carbocycles. The maximum atomic E-state index is 14.9. The smallest absolute Gasteiger partial charge is 0.270 e. The van der Waals surface area contributed by atoms with Crippen LogP contribution in [0.25, 0.3) is 0 Å². The Morgan fingerprint density at radius 3 is 2.56 bits per heavy atom. The number of hydrogen-bond donors (Lipinski definition) is 2. The molecule has 0 spiro atoms. The summed E-state index contributed by atoms with van der Waals surface area (Å²) in [6.45, 7) is 5.04. The average Bonchev–Trinajstić information content (AvgIpc) is 2.89. The highest BCUT2D eigenvalue weighted by Crippen LogP contribution is 2.55. The fourth-order valence-electron chi connectivity index (χ4n) is 7.63. The highest BCUT2D eigenvalue weighted by atomic mass is 32.2. The Kier molecular flexibility index (Phi) is 6.57. The summed E-state index contributed by atoms with van der Waals surface area (Å²) in [7, 11) is -3.48. The molecule has 4 bridgehead atoms. The number of benzene rings is 1. The number of amides is 1. The largest absolute Gasteiger partial charge is 0.390 e. The second-order valence-electron chi connectivity index (χ2n) is 11.9. The van der Waals surface area contributed by atoms with Crippen LogP contribution >= 0.6 is 0 Å². The molecular formula is C28H36FN5O4S. The van der Waals surface area contributed by atoms with E-state index in [4.69, 9.17) is 0 Å². The van der Waals surface area contributed by atoms with E-state index in [1.807, 2.05) is 16.7 Å². The van der Waals surface area contributed by atoms with Crippen LogP contribution in [0.5, 0.6) is 0 Å². The van der Waals surface area contributed by atoms with Crippen molar-refractivity contribution in [2.24, 2.45) is 17.8 Å². The summed E-state index contributed by atoms with van der Waals surface area (Å²) < 4.78 is 39.1. The lowest BCUT2D eigenvalue weighted by molar-refractivity contribution is -0.136. The Morgan fingerprint density at radius 1 is 1.18 bits per heavy atom. The Labute approximate surface area is 228 Å². The van der Waals surface area contributed by atoms with Gasteiger partial charge in [-0.2, -0.15) is 0 Å². The summed E-state index contributed by atoms with van der Waals surface area (Å²) in [5.74, 6) is 0.814. The van der Waals surface area contributed by atoms with Crippen molar-refractivity contribution in [3.05, 3.63) is 42.0 Å². The number of carbonyl (C=O) groups is 1. The molecule has 2 aromatic rings. The lowest BCUT2D eigenvalue weighted by atomic mass is 9.52. The zero-order chi connectivity index (χ0) is 27.5. The molecule has 3 atom stereocenters. The summed E-state index contributed by atoms with van der Waals surface area (Å²) in [5, 5.41) is 14.1. The first-order valence-electron chi connectivity index (χ1n) is 14.0. The Hall–Kier alpha value is -2.79. The molecule has 39 heavy (non-hydrogen) atoms. The van der Waals surface area contributed by atoms with Crippen LogP contribution in [0.1, 0.15) is 56.4 Å². The molecule has 5 fully saturated rings. The van der Waals surface area contributed by atoms with Gasteiger partial charge in [-0.05, 0) is 81.0 Å². The molecule has 2 heterocycles. The number of piperazine rings is 1. The van der Waals surface area contributed by atoms with Gasteiger partial charge in [0.25, 0.3) is 5.91 Å². The summed E-state index contributed by atoms with van der Waals surface area (Å²) >= 11 is 0. The SMILES string of the molecule is CCS(=O)(=O)c1ccc(N2CCN(c3nccc(C(=O)N[C@H]4C5CC6CC4C[C@](O)(C6)C5)n3)[C@H](C)C2)c(F)c1. The first-order chi connectivity index (χ1) is 18.5. The monoisotopic (exact) mass is 557 g/mol. The van der Waals surface area contributed by atoms with Gasteiger partial charge >= 0.3 is 0 Å². The van der Waals surface area contributed by atoms with Gasteiger partial charge in [-0.25, -0.2) is 22.8 Å². The number of rotatable bonds is 6. The Morgan fingerprint density at radius 2 is 1.92 bits per heavy atom. The van der Waals surface area contributed by atoms with E-state index in [0.29, 0.717) is 54.7 Å². The molecule has 0 radical (unpaired) electrons. The van der Waals surface area contributed by atoms with Gasteiger partial charge in [0.05, 0.1) is 21.9 Å². The average molecular weight is 558 g/mol. The summed E-state index contributed by atoms with van der Waals surface area (Å²) in [6.07, 6.45) is 6.16. The van der Waals surface area contributed by atoms with Crippen LogP contribution in [0.15, 0.2) is 35.4 Å². The maximum absolute atomic E-state index is 14.9. The topological polar surface area (TPSA) is 116 Å². The summed E-state index contributed by atoms with van der Waals surface area (Å²) in [5.41, 5.74) is 0.142. The minimum Gasteiger partial charge on any atom is -0.390 e. The van der Waals surface area contributed by atoms with Crippen LogP contribution in [0.2, 0.25) is 0 Å². The van der Waals surface area contributed by atoms with Crippen molar-refractivity contribution in [2.75, 3.05) is 35.2 Å². The quantitative estimate of drug-likeness (QED) is 0.557. The van der Waals surface area contributed by atoms with Crippen molar-refractivity contribution in [3.63, 3.8) is 0 Å². The van der Waals surface area contributed by atoms with Gasteiger partial charge in [-0.3, -0.25) is 4.79 Å². The van der Waals surface area contributed by atoms with E-state index in [1.165, 1.54) is 19.1 Å². The van der Waals surface area contributed by atoms with Gasteiger partial charge in [0.1, 0.15) is 11.5 Å². The molecule has 1 aromatic carbocycles. The van der Waals surface area contributed by atoms with Crippen molar-refractivity contribution in [1.82, 2.24) is 15.3 Å². The molecule has 4 saturated carbocycles. The molecule has 7 rings (SSSR count). The molecule has 2 N–H and O–H groups in total. The van der Waals surface area contributed by atoms with E-state index >= 15 is 0 Å². The Bertz CT molecular complexity index is 1370. The van der Waals surface area contributed by atoms with Crippen LogP contribution in [-0.4, -0.2) is 72.5 Å². The molecule has 1 saturated heterocycles. The predicted molar refractivity (Wildman–Crippen MR) is 145 cm³/mol. The number of nitrogens with one attached hydrogen (secondary N) is 1. The van der Waals surface area contributed by atoms with E-state index in [-0.39, 0.29) is 28.6 Å². The van der Waals surface area contributed by atoms with Crippen molar-refractivity contribution < 1.29 is 22.7 Å². The van der Waals surface area contributed by atoms with E-state index < -0.39 is 21.3 Å². The fourth-order valence-corrected chi connectivity index (χ4v) is 8.53. The van der Waals surface area contributed by atoms with Crippen molar-refractivity contribution in [1.29, 1.82) is 0 Å². The number of hydrogen-bond acceptors (Lipinski definition) is 8. The third kappa shape index (κ3) is 4.88. The number of halogens is 1. The highest BCUT2D eigenvalue weighted by molar-refractivity contribution is 7.91. The predicted octanol–water partition coefficient (Wildman–Crippen LogP) is 2.79. The van der Waals surface area contributed by atoms with Gasteiger partial charge < -0.3 is 20.2 Å². The number of aliphatic hydroxyl groups is 1. The molecule has 1 aromatic heterocycles. The lowest BCUT2D eigenvalue weighted by Crippen LogP contribution is -2.61. The molecule has 1 aliphatic heterocycles. The van der Waals surface area contributed by atoms with E-state index in [1.54, 1.807) is 12.3 Å². The van der Waals surface area contributed by atoms with Gasteiger partial charge in [0.2, 0.25) is 5.95 Å². The molecular weight excluding hydrogens is 521 g/mol. The minimum atomic E-state index is -3.48. The van der Waals surface area contributed by atoms with E-state index in [2.05, 4.69) is 15.3 Å². The van der Waals surface area contributed by atoms with Crippen LogP contribution in [0.4, 0.5) is 16.0 Å². The third-order valence-electron chi connectivity index (χ3n) is 9.30. The molecule has 5 aliphatic rings. The van der Waals surface area contributed by atoms with Crippen LogP contribution in [-0.2, 0) is 9.84 Å². The normalized spacial score (nSPS) is 31.9. The van der Waals surface area contributed by atoms with Crippen molar-refractivity contribution in [3.8, 4) is 0 Å². The number of sulfone groups is 1. The zero-order valence-electron chi connectivity index (χ0n) is 22.4. The number of anilines is 2. The minimum absolute atomic E-state index is 0.00838. The van der Waals surface area contributed by atoms with Gasteiger partial charge in [-0.1, -0.05) is 6.92 Å². The second kappa shape index (κ2) is 9.69. The van der Waals surface area contributed by atoms with Crippen molar-refractivity contribution >= 4 is 27.4 Å². The van der Waals surface area contributed by atoms with Gasteiger partial charge in [0, 0.05) is 37.9 Å². The molecule has 9 nitrogen and oxygen atoms in total. The lowest BCUT2D eigenvalue weighted by Gasteiger charge is -2.58. The molecule has 1 amide bonds. The van der Waals surface area contributed by atoms with Crippen molar-refractivity contribution in [2.45, 2.75) is 68.5 Å². The number of carbonyl (C=O) groups excluding carboxylic acids is 1. The summed E-state index contributed by atoms with van der Waals surface area (Å²) in [4.78, 5) is 26.2. The van der Waals surface area contributed by atoms with Crippen LogP contribution in [0, 0.1) is 23.6 Å². The third-order valence-corrected chi connectivity index (χ3v) is 11.0. The molecule has 11 heteroatoms.